The fourth-order valence-electron chi connectivity index (χ4n) is 1.29. The molecule has 1 aromatic heterocycles. The number of hydrogen-bond acceptors (Lipinski definition) is 4. The summed E-state index contributed by atoms with van der Waals surface area (Å²) in [5.41, 5.74) is 0.479. The van der Waals surface area contributed by atoms with Gasteiger partial charge in [-0.05, 0) is 6.92 Å². The van der Waals surface area contributed by atoms with E-state index in [9.17, 15) is 13.2 Å². The highest BCUT2D eigenvalue weighted by atomic mass is 19.4. The van der Waals surface area contributed by atoms with Gasteiger partial charge in [-0.25, -0.2) is 4.98 Å². The molecule has 1 heterocycles. The molecule has 0 saturated carbocycles. The van der Waals surface area contributed by atoms with Crippen LogP contribution < -0.4 is 9.47 Å². The number of methoxy groups -OCH3 is 1. The molecule has 0 atom stereocenters. The first-order valence-electron chi connectivity index (χ1n) is 4.54. The quantitative estimate of drug-likeness (QED) is 0.821. The van der Waals surface area contributed by atoms with E-state index in [2.05, 4.69) is 9.72 Å². The first kappa shape index (κ1) is 13.1. The Morgan fingerprint density at radius 3 is 2.59 bits per heavy atom. The first-order chi connectivity index (χ1) is 7.89. The smallest absolute Gasteiger partial charge is 0.495 e. The number of nitrogens with zero attached hydrogens (tertiary/aromatic N) is 2. The average Bonchev–Trinajstić information content (AvgIpc) is 2.23. The highest BCUT2D eigenvalue weighted by Crippen LogP contribution is 2.30. The minimum Gasteiger partial charge on any atom is -0.495 e. The van der Waals surface area contributed by atoms with Gasteiger partial charge in [-0.3, -0.25) is 0 Å². The van der Waals surface area contributed by atoms with Crippen molar-refractivity contribution in [2.45, 2.75) is 19.7 Å². The van der Waals surface area contributed by atoms with Crippen LogP contribution in [0.5, 0.6) is 11.6 Å². The van der Waals surface area contributed by atoms with E-state index in [4.69, 9.17) is 10.00 Å². The van der Waals surface area contributed by atoms with Crippen molar-refractivity contribution in [1.82, 2.24) is 4.98 Å². The van der Waals surface area contributed by atoms with Crippen molar-refractivity contribution in [3.8, 4) is 17.7 Å². The summed E-state index contributed by atoms with van der Waals surface area (Å²) in [6.07, 6.45) is -3.79. The molecule has 0 aliphatic carbocycles. The Hall–Kier alpha value is -1.97. The van der Waals surface area contributed by atoms with Crippen LogP contribution in [0, 0.1) is 18.3 Å². The Labute approximate surface area is 95.6 Å². The van der Waals surface area contributed by atoms with Crippen molar-refractivity contribution in [2.75, 3.05) is 7.11 Å². The third-order valence-corrected chi connectivity index (χ3v) is 2.06. The lowest BCUT2D eigenvalue weighted by Gasteiger charge is -2.14. The van der Waals surface area contributed by atoms with Crippen LogP contribution in [0.1, 0.15) is 11.1 Å². The van der Waals surface area contributed by atoms with Gasteiger partial charge in [0.1, 0.15) is 5.75 Å². The van der Waals surface area contributed by atoms with E-state index in [-0.39, 0.29) is 17.7 Å². The number of ether oxygens (including phenoxy) is 2. The van der Waals surface area contributed by atoms with Crippen molar-refractivity contribution in [1.29, 1.82) is 5.26 Å². The molecule has 0 amide bonds. The molecule has 0 aromatic carbocycles. The molecule has 0 aliphatic heterocycles. The van der Waals surface area contributed by atoms with Gasteiger partial charge in [0, 0.05) is 11.1 Å². The predicted octanol–water partition coefficient (Wildman–Crippen LogP) is 2.36. The van der Waals surface area contributed by atoms with Crippen LogP contribution in [0.15, 0.2) is 6.20 Å². The highest BCUT2D eigenvalue weighted by Gasteiger charge is 2.33. The fraction of sp³-hybridized carbons (Fsp3) is 0.400. The lowest BCUT2D eigenvalue weighted by molar-refractivity contribution is -0.276. The average molecular weight is 246 g/mol. The van der Waals surface area contributed by atoms with E-state index in [1.165, 1.54) is 14.0 Å². The molecule has 0 aliphatic rings. The fourth-order valence-corrected chi connectivity index (χ4v) is 1.29. The van der Waals surface area contributed by atoms with Crippen LogP contribution in [0.25, 0.3) is 0 Å². The molecule has 1 aromatic rings. The molecule has 0 N–H and O–H groups in total. The summed E-state index contributed by atoms with van der Waals surface area (Å²) in [6, 6.07) is 1.85. The molecule has 17 heavy (non-hydrogen) atoms. The number of alkyl halides is 3. The number of rotatable bonds is 3. The zero-order valence-corrected chi connectivity index (χ0v) is 9.13. The summed E-state index contributed by atoms with van der Waals surface area (Å²) in [4.78, 5) is 3.50. The molecule has 92 valence electrons. The molecular weight excluding hydrogens is 237 g/mol. The Balaban J connectivity index is 3.19. The monoisotopic (exact) mass is 246 g/mol. The van der Waals surface area contributed by atoms with Crippen LogP contribution in [0.4, 0.5) is 13.2 Å². The number of halogens is 3. The van der Waals surface area contributed by atoms with Gasteiger partial charge in [-0.15, -0.1) is 13.2 Å². The molecule has 0 bridgehead atoms. The van der Waals surface area contributed by atoms with E-state index in [1.807, 2.05) is 6.07 Å². The second-order valence-corrected chi connectivity index (χ2v) is 3.12. The van der Waals surface area contributed by atoms with Gasteiger partial charge >= 0.3 is 6.36 Å². The summed E-state index contributed by atoms with van der Waals surface area (Å²) in [7, 11) is 1.35. The molecule has 0 spiro atoms. The van der Waals surface area contributed by atoms with Crippen LogP contribution >= 0.6 is 0 Å². The second-order valence-electron chi connectivity index (χ2n) is 3.12. The summed E-state index contributed by atoms with van der Waals surface area (Å²) in [5.74, 6) is -0.304. The zero-order valence-electron chi connectivity index (χ0n) is 9.13. The molecular formula is C10H9F3N2O2. The normalized spacial score (nSPS) is 10.8. The van der Waals surface area contributed by atoms with Crippen LogP contribution in [0.2, 0.25) is 0 Å². The molecule has 0 radical (unpaired) electrons. The lowest BCUT2D eigenvalue weighted by Crippen LogP contribution is -2.19. The number of aromatic nitrogens is 1. The minimum atomic E-state index is -4.81. The van der Waals surface area contributed by atoms with Gasteiger partial charge in [0.15, 0.2) is 0 Å². The minimum absolute atomic E-state index is 0.0776. The van der Waals surface area contributed by atoms with Gasteiger partial charge in [0.25, 0.3) is 0 Å². The van der Waals surface area contributed by atoms with E-state index in [1.54, 1.807) is 0 Å². The summed E-state index contributed by atoms with van der Waals surface area (Å²) >= 11 is 0. The van der Waals surface area contributed by atoms with Gasteiger partial charge in [0.2, 0.25) is 5.88 Å². The van der Waals surface area contributed by atoms with Crippen LogP contribution in [-0.2, 0) is 6.42 Å². The first-order valence-corrected chi connectivity index (χ1v) is 4.54. The molecule has 0 unspecified atom stereocenters. The van der Waals surface area contributed by atoms with Crippen molar-refractivity contribution < 1.29 is 22.6 Å². The summed E-state index contributed by atoms with van der Waals surface area (Å²) in [6.45, 7) is 1.39. The van der Waals surface area contributed by atoms with Crippen molar-refractivity contribution in [2.24, 2.45) is 0 Å². The largest absolute Gasteiger partial charge is 0.574 e. The maximum atomic E-state index is 12.1. The van der Waals surface area contributed by atoms with Crippen molar-refractivity contribution >= 4 is 0 Å². The standard InChI is InChI=1S/C10H9F3N2O2/c1-6-7(3-4-14)8(16-2)5-15-9(6)17-10(11,12)13/h5H,3H2,1-2H3. The maximum Gasteiger partial charge on any atom is 0.574 e. The van der Waals surface area contributed by atoms with Gasteiger partial charge in [0.05, 0.1) is 25.8 Å². The van der Waals surface area contributed by atoms with Gasteiger partial charge in [-0.2, -0.15) is 5.26 Å². The van der Waals surface area contributed by atoms with Crippen molar-refractivity contribution in [3.63, 3.8) is 0 Å². The van der Waals surface area contributed by atoms with Crippen LogP contribution in [0.3, 0.4) is 0 Å². The lowest BCUT2D eigenvalue weighted by atomic mass is 10.1. The summed E-state index contributed by atoms with van der Waals surface area (Å²) in [5, 5.41) is 8.60. The van der Waals surface area contributed by atoms with Gasteiger partial charge < -0.3 is 9.47 Å². The molecule has 0 saturated heterocycles. The van der Waals surface area contributed by atoms with Gasteiger partial charge in [-0.1, -0.05) is 0 Å². The molecule has 7 heteroatoms. The predicted molar refractivity (Wildman–Crippen MR) is 51.5 cm³/mol. The number of nitriles is 1. The Kier molecular flexibility index (Phi) is 3.78. The zero-order chi connectivity index (χ0) is 13.1. The number of hydrogen-bond donors (Lipinski definition) is 0. The third kappa shape index (κ3) is 3.24. The Morgan fingerprint density at radius 1 is 1.47 bits per heavy atom. The Bertz CT molecular complexity index is 452. The maximum absolute atomic E-state index is 12.1. The topological polar surface area (TPSA) is 55.1 Å². The number of pyridine rings is 1. The third-order valence-electron chi connectivity index (χ3n) is 2.06. The molecule has 0 fully saturated rings. The molecule has 4 nitrogen and oxygen atoms in total. The van der Waals surface area contributed by atoms with E-state index >= 15 is 0 Å². The Morgan fingerprint density at radius 2 is 2.12 bits per heavy atom. The second kappa shape index (κ2) is 4.91. The van der Waals surface area contributed by atoms with E-state index in [0.29, 0.717) is 5.56 Å². The van der Waals surface area contributed by atoms with Crippen LogP contribution in [-0.4, -0.2) is 18.5 Å². The van der Waals surface area contributed by atoms with Crippen molar-refractivity contribution in [3.05, 3.63) is 17.3 Å². The SMILES string of the molecule is COc1cnc(OC(F)(F)F)c(C)c1CC#N. The van der Waals surface area contributed by atoms with E-state index in [0.717, 1.165) is 6.20 Å². The molecule has 1 rings (SSSR count). The summed E-state index contributed by atoms with van der Waals surface area (Å²) < 4.78 is 44.8. The van der Waals surface area contributed by atoms with E-state index < -0.39 is 12.2 Å². The highest BCUT2D eigenvalue weighted by molar-refractivity contribution is 5.44.